The number of alkyl halides is 3. The topological polar surface area (TPSA) is 70.4 Å². The molecule has 0 radical (unpaired) electrons. The maximum atomic E-state index is 12.5. The van der Waals surface area contributed by atoms with E-state index >= 15 is 0 Å². The minimum atomic E-state index is -4.16. The molecule has 1 unspecified atom stereocenters. The number of unbranched alkanes of at least 4 members (excludes halogenated alkanes) is 1. The summed E-state index contributed by atoms with van der Waals surface area (Å²) in [4.78, 5) is 5.96. The number of nitrogens with zero attached hydrogens (tertiary/aromatic N) is 5. The van der Waals surface area contributed by atoms with E-state index in [2.05, 4.69) is 32.7 Å². The van der Waals surface area contributed by atoms with Crippen molar-refractivity contribution >= 4 is 5.96 Å². The molecular weight excluding hydrogens is 347 g/mol. The monoisotopic (exact) mass is 375 g/mol. The number of aryl methyl sites for hydroxylation is 1. The zero-order valence-corrected chi connectivity index (χ0v) is 15.6. The normalized spacial score (nSPS) is 19.2. The van der Waals surface area contributed by atoms with Gasteiger partial charge in [-0.2, -0.15) is 13.2 Å². The van der Waals surface area contributed by atoms with Gasteiger partial charge in [0.1, 0.15) is 12.4 Å². The van der Waals surface area contributed by atoms with Crippen LogP contribution in [0.2, 0.25) is 0 Å². The van der Waals surface area contributed by atoms with Gasteiger partial charge in [0.2, 0.25) is 0 Å². The Morgan fingerprint density at radius 3 is 2.73 bits per heavy atom. The molecule has 7 nitrogen and oxygen atoms in total. The second-order valence-electron chi connectivity index (χ2n) is 6.65. The lowest BCUT2D eigenvalue weighted by molar-refractivity contribution is -0.143. The standard InChI is InChI=1S/C16H28F3N7/c1-4-5-7-20-15(21-9-14-24-23-12(2)25(14)3)22-13-6-8-26(10-13)11-16(17,18)19/h13H,4-11H2,1-3H3,(H2,20,21,22). The molecule has 0 saturated carbocycles. The summed E-state index contributed by atoms with van der Waals surface area (Å²) in [6.07, 6.45) is -1.46. The molecule has 0 aliphatic carbocycles. The number of likely N-dealkylation sites (tertiary alicyclic amines) is 1. The van der Waals surface area contributed by atoms with Gasteiger partial charge in [0.25, 0.3) is 0 Å². The van der Waals surface area contributed by atoms with Crippen LogP contribution in [0.5, 0.6) is 0 Å². The fourth-order valence-electron chi connectivity index (χ4n) is 2.82. The maximum Gasteiger partial charge on any atom is 0.401 e. The summed E-state index contributed by atoms with van der Waals surface area (Å²) in [5.41, 5.74) is 0. The van der Waals surface area contributed by atoms with Gasteiger partial charge in [-0.25, -0.2) is 4.99 Å². The van der Waals surface area contributed by atoms with Crippen molar-refractivity contribution in [1.29, 1.82) is 0 Å². The van der Waals surface area contributed by atoms with Crippen molar-refractivity contribution in [3.63, 3.8) is 0 Å². The molecule has 0 bridgehead atoms. The number of hydrogen-bond acceptors (Lipinski definition) is 4. The van der Waals surface area contributed by atoms with Gasteiger partial charge >= 0.3 is 6.18 Å². The third kappa shape index (κ3) is 6.47. The van der Waals surface area contributed by atoms with Crippen molar-refractivity contribution in [3.05, 3.63) is 11.6 Å². The quantitative estimate of drug-likeness (QED) is 0.430. The number of guanidine groups is 1. The zero-order valence-electron chi connectivity index (χ0n) is 15.6. The van der Waals surface area contributed by atoms with Gasteiger partial charge < -0.3 is 15.2 Å². The molecule has 2 rings (SSSR count). The van der Waals surface area contributed by atoms with E-state index in [1.807, 2.05) is 18.5 Å². The Labute approximate surface area is 152 Å². The molecule has 1 aromatic rings. The molecule has 0 amide bonds. The molecule has 148 valence electrons. The first-order chi connectivity index (χ1) is 12.3. The number of aliphatic imine (C=N–C) groups is 1. The highest BCUT2D eigenvalue weighted by Crippen LogP contribution is 2.19. The van der Waals surface area contributed by atoms with Gasteiger partial charge in [0.15, 0.2) is 11.8 Å². The van der Waals surface area contributed by atoms with Gasteiger partial charge in [0, 0.05) is 32.7 Å². The molecule has 1 aliphatic heterocycles. The molecule has 10 heteroatoms. The van der Waals surface area contributed by atoms with Crippen LogP contribution in [0.25, 0.3) is 0 Å². The van der Waals surface area contributed by atoms with E-state index in [1.165, 1.54) is 4.90 Å². The van der Waals surface area contributed by atoms with E-state index in [9.17, 15) is 13.2 Å². The van der Waals surface area contributed by atoms with Gasteiger partial charge in [0.05, 0.1) is 6.54 Å². The smallest absolute Gasteiger partial charge is 0.356 e. The SMILES string of the molecule is CCCCNC(=NCc1nnc(C)n1C)NC1CCN(CC(F)(F)F)C1. The first-order valence-electron chi connectivity index (χ1n) is 8.97. The lowest BCUT2D eigenvalue weighted by Gasteiger charge is -2.20. The average molecular weight is 375 g/mol. The zero-order chi connectivity index (χ0) is 19.2. The van der Waals surface area contributed by atoms with E-state index < -0.39 is 12.7 Å². The second kappa shape index (κ2) is 9.20. The summed E-state index contributed by atoms with van der Waals surface area (Å²) in [5.74, 6) is 2.16. The Morgan fingerprint density at radius 1 is 1.35 bits per heavy atom. The van der Waals surface area contributed by atoms with Crippen LogP contribution < -0.4 is 10.6 Å². The number of nitrogens with one attached hydrogen (secondary N) is 2. The highest BCUT2D eigenvalue weighted by atomic mass is 19.4. The van der Waals surface area contributed by atoms with Crippen molar-refractivity contribution in [3.8, 4) is 0 Å². The van der Waals surface area contributed by atoms with Crippen LogP contribution in [0.3, 0.4) is 0 Å². The van der Waals surface area contributed by atoms with E-state index in [-0.39, 0.29) is 6.04 Å². The molecule has 26 heavy (non-hydrogen) atoms. The summed E-state index contributed by atoms with van der Waals surface area (Å²) >= 11 is 0. The Hall–Kier alpha value is -1.84. The van der Waals surface area contributed by atoms with Crippen LogP contribution in [-0.2, 0) is 13.6 Å². The molecular formula is C16H28F3N7. The molecule has 1 fully saturated rings. The molecule has 0 spiro atoms. The number of rotatable bonds is 7. The first-order valence-corrected chi connectivity index (χ1v) is 8.97. The molecule has 1 atom stereocenters. The second-order valence-corrected chi connectivity index (χ2v) is 6.65. The molecule has 1 aliphatic rings. The van der Waals surface area contributed by atoms with Crippen molar-refractivity contribution in [2.75, 3.05) is 26.2 Å². The predicted octanol–water partition coefficient (Wildman–Crippen LogP) is 1.60. The minimum Gasteiger partial charge on any atom is -0.356 e. The van der Waals surface area contributed by atoms with Crippen LogP contribution in [0.15, 0.2) is 4.99 Å². The summed E-state index contributed by atoms with van der Waals surface area (Å²) in [5, 5.41) is 14.6. The lowest BCUT2D eigenvalue weighted by Crippen LogP contribution is -2.45. The van der Waals surface area contributed by atoms with Gasteiger partial charge in [-0.3, -0.25) is 4.90 Å². The molecule has 2 heterocycles. The van der Waals surface area contributed by atoms with Crippen molar-refractivity contribution in [2.24, 2.45) is 12.0 Å². The fourth-order valence-corrected chi connectivity index (χ4v) is 2.82. The summed E-state index contributed by atoms with van der Waals surface area (Å²) in [6.45, 7) is 5.02. The Bertz CT molecular complexity index is 597. The maximum absolute atomic E-state index is 12.5. The van der Waals surface area contributed by atoms with Crippen LogP contribution >= 0.6 is 0 Å². The average Bonchev–Trinajstić information content (AvgIpc) is 3.11. The van der Waals surface area contributed by atoms with Crippen molar-refractivity contribution in [2.45, 2.75) is 51.9 Å². The largest absolute Gasteiger partial charge is 0.401 e. The fraction of sp³-hybridized carbons (Fsp3) is 0.812. The highest BCUT2D eigenvalue weighted by molar-refractivity contribution is 5.80. The summed E-state index contributed by atoms with van der Waals surface area (Å²) in [6, 6.07) is -0.0496. The van der Waals surface area contributed by atoms with Gasteiger partial charge in [-0.05, 0) is 19.8 Å². The van der Waals surface area contributed by atoms with E-state index in [1.54, 1.807) is 0 Å². The van der Waals surface area contributed by atoms with Crippen LogP contribution in [0.4, 0.5) is 13.2 Å². The molecule has 1 saturated heterocycles. The third-order valence-electron chi connectivity index (χ3n) is 4.40. The molecule has 0 aromatic carbocycles. The van der Waals surface area contributed by atoms with Gasteiger partial charge in [-0.1, -0.05) is 13.3 Å². The Balaban J connectivity index is 1.94. The summed E-state index contributed by atoms with van der Waals surface area (Å²) < 4.78 is 39.5. The number of hydrogen-bond donors (Lipinski definition) is 2. The molecule has 1 aromatic heterocycles. The highest BCUT2D eigenvalue weighted by Gasteiger charge is 2.34. The lowest BCUT2D eigenvalue weighted by atomic mass is 10.3. The minimum absolute atomic E-state index is 0.0496. The third-order valence-corrected chi connectivity index (χ3v) is 4.40. The van der Waals surface area contributed by atoms with Crippen LogP contribution in [0.1, 0.15) is 37.8 Å². The van der Waals surface area contributed by atoms with Crippen molar-refractivity contribution < 1.29 is 13.2 Å². The first kappa shape index (κ1) is 20.5. The van der Waals surface area contributed by atoms with Crippen LogP contribution in [0, 0.1) is 6.92 Å². The van der Waals surface area contributed by atoms with E-state index in [0.29, 0.717) is 32.0 Å². The molecule has 2 N–H and O–H groups in total. The van der Waals surface area contributed by atoms with Gasteiger partial charge in [-0.15, -0.1) is 10.2 Å². The van der Waals surface area contributed by atoms with Crippen molar-refractivity contribution in [1.82, 2.24) is 30.3 Å². The Kier molecular flexibility index (Phi) is 7.24. The number of aromatic nitrogens is 3. The van der Waals surface area contributed by atoms with E-state index in [0.717, 1.165) is 31.0 Å². The van der Waals surface area contributed by atoms with Crippen LogP contribution in [-0.4, -0.2) is 64.0 Å². The predicted molar refractivity (Wildman–Crippen MR) is 93.8 cm³/mol. The Morgan fingerprint density at radius 2 is 2.12 bits per heavy atom. The number of halogens is 3. The summed E-state index contributed by atoms with van der Waals surface area (Å²) in [7, 11) is 1.88. The van der Waals surface area contributed by atoms with E-state index in [4.69, 9.17) is 0 Å².